The van der Waals surface area contributed by atoms with E-state index in [1.807, 2.05) is 30.3 Å². The first-order valence-corrected chi connectivity index (χ1v) is 8.87. The molecule has 22 heavy (non-hydrogen) atoms. The van der Waals surface area contributed by atoms with E-state index in [9.17, 15) is 0 Å². The fourth-order valence-corrected chi connectivity index (χ4v) is 4.13. The van der Waals surface area contributed by atoms with Crippen LogP contribution in [0.5, 0.6) is 0 Å². The molecule has 4 nitrogen and oxygen atoms in total. The zero-order valence-electron chi connectivity index (χ0n) is 12.6. The molecule has 0 saturated heterocycles. The highest BCUT2D eigenvalue weighted by molar-refractivity contribution is 7.80. The average Bonchev–Trinajstić information content (AvgIpc) is 2.91. The molecule has 0 atom stereocenters. The summed E-state index contributed by atoms with van der Waals surface area (Å²) in [4.78, 5) is 2.49. The number of benzene rings is 1. The molecule has 2 aromatic rings. The van der Waals surface area contributed by atoms with E-state index < -0.39 is 0 Å². The standard InChI is InChI=1S/C16H20N4S2/c1-2-20-13-10-6-7-11-14(13)22-16(20)19-18-15(21)17-12-8-4-3-5-9-12/h3-5,8-9H,2,6-7,10-11H2,1H3,(H2,17,18,21)/b19-16-. The Morgan fingerprint density at radius 1 is 1.27 bits per heavy atom. The van der Waals surface area contributed by atoms with Gasteiger partial charge in [-0.15, -0.1) is 5.10 Å². The monoisotopic (exact) mass is 332 g/mol. The maximum absolute atomic E-state index is 5.30. The van der Waals surface area contributed by atoms with Gasteiger partial charge >= 0.3 is 0 Å². The predicted octanol–water partition coefficient (Wildman–Crippen LogP) is 3.25. The van der Waals surface area contributed by atoms with Crippen LogP contribution in [0.4, 0.5) is 5.69 Å². The Kier molecular flexibility index (Phi) is 4.90. The molecule has 1 heterocycles. The number of thiocarbonyl (C=S) groups is 1. The van der Waals surface area contributed by atoms with Gasteiger partial charge in [-0.05, 0) is 57.0 Å². The van der Waals surface area contributed by atoms with Crippen molar-refractivity contribution in [2.24, 2.45) is 5.10 Å². The van der Waals surface area contributed by atoms with Crippen LogP contribution in [0.25, 0.3) is 0 Å². The molecule has 3 rings (SSSR count). The Bertz CT molecular complexity index is 715. The summed E-state index contributed by atoms with van der Waals surface area (Å²) in [5.74, 6) is 0. The van der Waals surface area contributed by atoms with Gasteiger partial charge in [0.15, 0.2) is 5.11 Å². The van der Waals surface area contributed by atoms with Crippen LogP contribution in [0.3, 0.4) is 0 Å². The van der Waals surface area contributed by atoms with E-state index >= 15 is 0 Å². The number of nitrogens with one attached hydrogen (secondary N) is 2. The van der Waals surface area contributed by atoms with Crippen LogP contribution in [0.2, 0.25) is 0 Å². The lowest BCUT2D eigenvalue weighted by Crippen LogP contribution is -2.28. The van der Waals surface area contributed by atoms with Gasteiger partial charge in [0.25, 0.3) is 0 Å². The number of hydrogen-bond donors (Lipinski definition) is 2. The van der Waals surface area contributed by atoms with E-state index in [1.54, 1.807) is 11.3 Å². The zero-order chi connectivity index (χ0) is 15.4. The number of fused-ring (bicyclic) bond motifs is 1. The summed E-state index contributed by atoms with van der Waals surface area (Å²) in [6, 6.07) is 9.88. The van der Waals surface area contributed by atoms with Crippen LogP contribution in [0.15, 0.2) is 35.4 Å². The number of thiazole rings is 1. The lowest BCUT2D eigenvalue weighted by Gasteiger charge is -2.12. The molecule has 0 saturated carbocycles. The van der Waals surface area contributed by atoms with E-state index in [2.05, 4.69) is 27.3 Å². The molecule has 0 bridgehead atoms. The average molecular weight is 332 g/mol. The molecule has 0 fully saturated rings. The molecule has 116 valence electrons. The Morgan fingerprint density at radius 3 is 2.82 bits per heavy atom. The third kappa shape index (κ3) is 3.39. The second-order valence-corrected chi connectivity index (χ2v) is 6.72. The molecule has 1 aliphatic carbocycles. The smallest absolute Gasteiger partial charge is 0.208 e. The van der Waals surface area contributed by atoms with Gasteiger partial charge in [-0.25, -0.2) is 0 Å². The fourth-order valence-electron chi connectivity index (χ4n) is 2.73. The summed E-state index contributed by atoms with van der Waals surface area (Å²) < 4.78 is 2.30. The molecule has 2 N–H and O–H groups in total. The third-order valence-corrected chi connectivity index (χ3v) is 5.14. The Hall–Kier alpha value is -1.66. The number of aryl methyl sites for hydroxylation is 1. The minimum atomic E-state index is 0.514. The highest BCUT2D eigenvalue weighted by Crippen LogP contribution is 2.23. The normalized spacial score (nSPS) is 14.5. The number of aromatic nitrogens is 1. The molecule has 1 aliphatic rings. The Labute approximate surface area is 139 Å². The van der Waals surface area contributed by atoms with Crippen molar-refractivity contribution in [1.82, 2.24) is 9.99 Å². The van der Waals surface area contributed by atoms with Crippen molar-refractivity contribution in [3.8, 4) is 0 Å². The molecule has 1 aromatic carbocycles. The first kappa shape index (κ1) is 15.2. The largest absolute Gasteiger partial charge is 0.331 e. The van der Waals surface area contributed by atoms with E-state index in [0.717, 1.165) is 17.0 Å². The molecular formula is C16H20N4S2. The highest BCUT2D eigenvalue weighted by atomic mass is 32.1. The first-order valence-electron chi connectivity index (χ1n) is 7.65. The summed E-state index contributed by atoms with van der Waals surface area (Å²) in [7, 11) is 0. The van der Waals surface area contributed by atoms with Gasteiger partial charge in [0.1, 0.15) is 0 Å². The highest BCUT2D eigenvalue weighted by Gasteiger charge is 2.16. The minimum Gasteiger partial charge on any atom is -0.331 e. The molecule has 1 aromatic heterocycles. The second kappa shape index (κ2) is 7.07. The van der Waals surface area contributed by atoms with Crippen molar-refractivity contribution in [3.05, 3.63) is 45.7 Å². The lowest BCUT2D eigenvalue weighted by atomic mass is 10.0. The fraction of sp³-hybridized carbons (Fsp3) is 0.375. The summed E-state index contributed by atoms with van der Waals surface area (Å²) in [5.41, 5.74) is 5.39. The van der Waals surface area contributed by atoms with Gasteiger partial charge in [0.2, 0.25) is 4.80 Å². The Balaban J connectivity index is 1.75. The van der Waals surface area contributed by atoms with Gasteiger partial charge in [-0.1, -0.05) is 29.5 Å². The molecular weight excluding hydrogens is 312 g/mol. The van der Waals surface area contributed by atoms with E-state index in [4.69, 9.17) is 12.2 Å². The van der Waals surface area contributed by atoms with Crippen LogP contribution >= 0.6 is 23.6 Å². The topological polar surface area (TPSA) is 41.4 Å². The van der Waals surface area contributed by atoms with Crippen LogP contribution in [0, 0.1) is 0 Å². The summed E-state index contributed by atoms with van der Waals surface area (Å²) >= 11 is 7.08. The maximum atomic E-state index is 5.30. The number of nitrogens with zero attached hydrogens (tertiary/aromatic N) is 2. The number of rotatable bonds is 3. The minimum absolute atomic E-state index is 0.514. The van der Waals surface area contributed by atoms with Crippen molar-refractivity contribution < 1.29 is 0 Å². The number of para-hydroxylation sites is 1. The molecule has 0 unspecified atom stereocenters. The molecule has 0 aliphatic heterocycles. The quantitative estimate of drug-likeness (QED) is 0.670. The van der Waals surface area contributed by atoms with Crippen molar-refractivity contribution >= 4 is 34.4 Å². The third-order valence-electron chi connectivity index (χ3n) is 3.76. The first-order chi connectivity index (χ1) is 10.8. The number of anilines is 1. The van der Waals surface area contributed by atoms with E-state index in [0.29, 0.717) is 5.11 Å². The van der Waals surface area contributed by atoms with Crippen LogP contribution in [0.1, 0.15) is 30.3 Å². The van der Waals surface area contributed by atoms with Gasteiger partial charge in [-0.2, -0.15) is 0 Å². The second-order valence-electron chi connectivity index (χ2n) is 5.25. The van der Waals surface area contributed by atoms with Crippen molar-refractivity contribution in [3.63, 3.8) is 0 Å². The summed E-state index contributed by atoms with van der Waals surface area (Å²) in [6.07, 6.45) is 4.92. The van der Waals surface area contributed by atoms with E-state index in [1.165, 1.54) is 36.3 Å². The number of hydrogen-bond acceptors (Lipinski definition) is 3. The van der Waals surface area contributed by atoms with Gasteiger partial charge in [0, 0.05) is 22.8 Å². The lowest BCUT2D eigenvalue weighted by molar-refractivity contribution is 0.607. The molecule has 0 amide bonds. The van der Waals surface area contributed by atoms with Crippen LogP contribution < -0.4 is 15.5 Å². The van der Waals surface area contributed by atoms with E-state index in [-0.39, 0.29) is 0 Å². The maximum Gasteiger partial charge on any atom is 0.208 e. The zero-order valence-corrected chi connectivity index (χ0v) is 14.3. The van der Waals surface area contributed by atoms with Gasteiger partial charge in [-0.3, -0.25) is 5.43 Å². The van der Waals surface area contributed by atoms with Crippen LogP contribution in [-0.4, -0.2) is 9.68 Å². The van der Waals surface area contributed by atoms with Crippen LogP contribution in [-0.2, 0) is 19.4 Å². The van der Waals surface area contributed by atoms with Gasteiger partial charge < -0.3 is 9.88 Å². The SMILES string of the molecule is CCn1c2c(s/c1=N\NC(=S)Nc1ccccc1)CCCC2. The summed E-state index contributed by atoms with van der Waals surface area (Å²) in [5, 5.41) is 8.15. The molecule has 0 radical (unpaired) electrons. The predicted molar refractivity (Wildman–Crippen MR) is 96.0 cm³/mol. The van der Waals surface area contributed by atoms with Crippen molar-refractivity contribution in [2.45, 2.75) is 39.2 Å². The Morgan fingerprint density at radius 2 is 2.05 bits per heavy atom. The van der Waals surface area contributed by atoms with Crippen molar-refractivity contribution in [1.29, 1.82) is 0 Å². The molecule has 0 spiro atoms. The van der Waals surface area contributed by atoms with Gasteiger partial charge in [0.05, 0.1) is 0 Å². The van der Waals surface area contributed by atoms with Crippen molar-refractivity contribution in [2.75, 3.05) is 5.32 Å². The summed E-state index contributed by atoms with van der Waals surface area (Å²) in [6.45, 7) is 3.12. The molecule has 6 heteroatoms.